The highest BCUT2D eigenvalue weighted by Crippen LogP contribution is 2.22. The molecule has 2 aromatic carbocycles. The molecule has 94 valence electrons. The third kappa shape index (κ3) is 1.93. The Kier molecular flexibility index (Phi) is 2.67. The molecule has 0 atom stereocenters. The van der Waals surface area contributed by atoms with E-state index in [9.17, 15) is 9.18 Å². The molecule has 3 rings (SSSR count). The molecule has 0 spiro atoms. The molecule has 3 aromatic rings. The summed E-state index contributed by atoms with van der Waals surface area (Å²) in [4.78, 5) is 15.5. The third-order valence-electron chi connectivity index (χ3n) is 3.26. The SMILES string of the molecule is Cc1c(-c2cccc(F)c2)[nH]c2ccccc2c1=O. The number of aromatic nitrogens is 1. The van der Waals surface area contributed by atoms with Gasteiger partial charge in [0.25, 0.3) is 0 Å². The van der Waals surface area contributed by atoms with Gasteiger partial charge in [0.2, 0.25) is 0 Å². The maximum atomic E-state index is 13.3. The van der Waals surface area contributed by atoms with Gasteiger partial charge >= 0.3 is 0 Å². The summed E-state index contributed by atoms with van der Waals surface area (Å²) in [5.41, 5.74) is 2.69. The fourth-order valence-electron chi connectivity index (χ4n) is 2.27. The Morgan fingerprint density at radius 1 is 1.05 bits per heavy atom. The van der Waals surface area contributed by atoms with E-state index in [2.05, 4.69) is 4.98 Å². The van der Waals surface area contributed by atoms with E-state index >= 15 is 0 Å². The van der Waals surface area contributed by atoms with Crippen molar-refractivity contribution >= 4 is 10.9 Å². The first kappa shape index (κ1) is 11.7. The van der Waals surface area contributed by atoms with E-state index in [1.807, 2.05) is 18.2 Å². The van der Waals surface area contributed by atoms with Gasteiger partial charge in [-0.15, -0.1) is 0 Å². The van der Waals surface area contributed by atoms with Crippen molar-refractivity contribution in [1.29, 1.82) is 0 Å². The van der Waals surface area contributed by atoms with Gasteiger partial charge in [0.1, 0.15) is 5.82 Å². The molecule has 3 heteroatoms. The molecule has 0 saturated heterocycles. The highest BCUT2D eigenvalue weighted by molar-refractivity contribution is 5.83. The lowest BCUT2D eigenvalue weighted by molar-refractivity contribution is 0.628. The summed E-state index contributed by atoms with van der Waals surface area (Å²) >= 11 is 0. The summed E-state index contributed by atoms with van der Waals surface area (Å²) in [6.45, 7) is 1.76. The fraction of sp³-hybridized carbons (Fsp3) is 0.0625. The molecule has 0 aliphatic heterocycles. The van der Waals surface area contributed by atoms with Gasteiger partial charge < -0.3 is 4.98 Å². The summed E-state index contributed by atoms with van der Waals surface area (Å²) in [6.07, 6.45) is 0. The van der Waals surface area contributed by atoms with Gasteiger partial charge in [0.05, 0.1) is 5.69 Å². The highest BCUT2D eigenvalue weighted by atomic mass is 19.1. The third-order valence-corrected chi connectivity index (χ3v) is 3.26. The van der Waals surface area contributed by atoms with Crippen LogP contribution >= 0.6 is 0 Å². The second-order valence-corrected chi connectivity index (χ2v) is 4.51. The van der Waals surface area contributed by atoms with Crippen molar-refractivity contribution in [3.63, 3.8) is 0 Å². The maximum absolute atomic E-state index is 13.3. The molecule has 0 aliphatic carbocycles. The van der Waals surface area contributed by atoms with Gasteiger partial charge in [-0.25, -0.2) is 4.39 Å². The number of aromatic amines is 1. The molecule has 19 heavy (non-hydrogen) atoms. The molecule has 0 amide bonds. The Hall–Kier alpha value is -2.42. The molecule has 1 heterocycles. The van der Waals surface area contributed by atoms with Crippen LogP contribution in [0.4, 0.5) is 4.39 Å². The van der Waals surface area contributed by atoms with Gasteiger partial charge in [-0.2, -0.15) is 0 Å². The Labute approximate surface area is 109 Å². The number of pyridine rings is 1. The standard InChI is InChI=1S/C16H12FNO/c1-10-15(11-5-4-6-12(17)9-11)18-14-8-3-2-7-13(14)16(10)19/h2-9H,1H3,(H,18,19). The van der Waals surface area contributed by atoms with Crippen LogP contribution in [0.25, 0.3) is 22.2 Å². The highest BCUT2D eigenvalue weighted by Gasteiger charge is 2.09. The molecule has 0 bridgehead atoms. The number of benzene rings is 2. The lowest BCUT2D eigenvalue weighted by atomic mass is 10.0. The van der Waals surface area contributed by atoms with Crippen molar-refractivity contribution in [3.05, 3.63) is 70.1 Å². The Morgan fingerprint density at radius 3 is 2.63 bits per heavy atom. The smallest absolute Gasteiger partial charge is 0.192 e. The average molecular weight is 253 g/mol. The molecule has 0 unspecified atom stereocenters. The Balaban J connectivity index is 2.36. The number of rotatable bonds is 1. The van der Waals surface area contributed by atoms with Gasteiger partial charge in [0, 0.05) is 22.0 Å². The molecule has 1 aromatic heterocycles. The molecule has 0 fully saturated rings. The fourth-order valence-corrected chi connectivity index (χ4v) is 2.27. The number of nitrogens with one attached hydrogen (secondary N) is 1. The van der Waals surface area contributed by atoms with Crippen molar-refractivity contribution in [1.82, 2.24) is 4.98 Å². The van der Waals surface area contributed by atoms with E-state index in [1.165, 1.54) is 12.1 Å². The summed E-state index contributed by atoms with van der Waals surface area (Å²) < 4.78 is 13.3. The zero-order valence-electron chi connectivity index (χ0n) is 10.4. The molecular weight excluding hydrogens is 241 g/mol. The van der Waals surface area contributed by atoms with Crippen molar-refractivity contribution in [2.24, 2.45) is 0 Å². The van der Waals surface area contributed by atoms with Crippen molar-refractivity contribution in [3.8, 4) is 11.3 Å². The number of halogens is 1. The maximum Gasteiger partial charge on any atom is 0.192 e. The van der Waals surface area contributed by atoms with Crippen LogP contribution in [-0.2, 0) is 0 Å². The van der Waals surface area contributed by atoms with E-state index in [1.54, 1.807) is 25.1 Å². The lowest BCUT2D eigenvalue weighted by Gasteiger charge is -2.08. The van der Waals surface area contributed by atoms with Gasteiger partial charge in [-0.05, 0) is 31.2 Å². The van der Waals surface area contributed by atoms with Crippen LogP contribution in [0.15, 0.2) is 53.3 Å². The summed E-state index contributed by atoms with van der Waals surface area (Å²) in [5, 5.41) is 0.653. The van der Waals surface area contributed by atoms with Crippen LogP contribution in [0.3, 0.4) is 0 Å². The zero-order valence-corrected chi connectivity index (χ0v) is 10.4. The predicted molar refractivity (Wildman–Crippen MR) is 74.7 cm³/mol. The first-order valence-electron chi connectivity index (χ1n) is 6.04. The number of hydrogen-bond donors (Lipinski definition) is 1. The largest absolute Gasteiger partial charge is 0.354 e. The van der Waals surface area contributed by atoms with E-state index in [-0.39, 0.29) is 11.2 Å². The number of H-pyrrole nitrogens is 1. The number of para-hydroxylation sites is 1. The van der Waals surface area contributed by atoms with Crippen LogP contribution in [0, 0.1) is 12.7 Å². The van der Waals surface area contributed by atoms with Crippen LogP contribution in [0.5, 0.6) is 0 Å². The Morgan fingerprint density at radius 2 is 1.84 bits per heavy atom. The first-order chi connectivity index (χ1) is 9.16. The molecule has 1 N–H and O–H groups in total. The number of fused-ring (bicyclic) bond motifs is 1. The molecule has 0 saturated carbocycles. The van der Waals surface area contributed by atoms with Crippen molar-refractivity contribution in [2.75, 3.05) is 0 Å². The minimum Gasteiger partial charge on any atom is -0.354 e. The van der Waals surface area contributed by atoms with E-state index < -0.39 is 0 Å². The first-order valence-corrected chi connectivity index (χ1v) is 6.04. The topological polar surface area (TPSA) is 32.9 Å². The van der Waals surface area contributed by atoms with Crippen LogP contribution < -0.4 is 5.43 Å². The van der Waals surface area contributed by atoms with E-state index in [4.69, 9.17) is 0 Å². The van der Waals surface area contributed by atoms with E-state index in [0.29, 0.717) is 22.2 Å². The van der Waals surface area contributed by atoms with E-state index in [0.717, 1.165) is 5.52 Å². The molecular formula is C16H12FNO. The summed E-state index contributed by atoms with van der Waals surface area (Å²) in [5.74, 6) is -0.314. The Bertz CT molecular complexity index is 820. The monoisotopic (exact) mass is 253 g/mol. The molecule has 0 radical (unpaired) electrons. The summed E-state index contributed by atoms with van der Waals surface area (Å²) in [6, 6.07) is 13.6. The number of hydrogen-bond acceptors (Lipinski definition) is 1. The minimum absolute atomic E-state index is 0.0198. The minimum atomic E-state index is -0.314. The van der Waals surface area contributed by atoms with Gasteiger partial charge in [-0.1, -0.05) is 24.3 Å². The van der Waals surface area contributed by atoms with Crippen LogP contribution in [-0.4, -0.2) is 4.98 Å². The lowest BCUT2D eigenvalue weighted by Crippen LogP contribution is -2.09. The van der Waals surface area contributed by atoms with Gasteiger partial charge in [-0.3, -0.25) is 4.79 Å². The zero-order chi connectivity index (χ0) is 13.4. The second kappa shape index (κ2) is 4.35. The molecule has 2 nitrogen and oxygen atoms in total. The quantitative estimate of drug-likeness (QED) is 0.705. The van der Waals surface area contributed by atoms with Crippen LogP contribution in [0.1, 0.15) is 5.56 Å². The molecule has 0 aliphatic rings. The van der Waals surface area contributed by atoms with Crippen molar-refractivity contribution in [2.45, 2.75) is 6.92 Å². The normalized spacial score (nSPS) is 10.8. The van der Waals surface area contributed by atoms with Crippen molar-refractivity contribution < 1.29 is 4.39 Å². The average Bonchev–Trinajstić information content (AvgIpc) is 2.43. The summed E-state index contributed by atoms with van der Waals surface area (Å²) in [7, 11) is 0. The van der Waals surface area contributed by atoms with Gasteiger partial charge in [0.15, 0.2) is 5.43 Å². The van der Waals surface area contributed by atoms with Crippen LogP contribution in [0.2, 0.25) is 0 Å². The second-order valence-electron chi connectivity index (χ2n) is 4.51. The predicted octanol–water partition coefficient (Wildman–Crippen LogP) is 3.64.